The van der Waals surface area contributed by atoms with E-state index in [1.807, 2.05) is 24.3 Å². The van der Waals surface area contributed by atoms with Crippen molar-refractivity contribution in [3.63, 3.8) is 0 Å². The number of hydrogen-bond acceptors (Lipinski definition) is 4. The van der Waals surface area contributed by atoms with E-state index in [0.717, 1.165) is 16.5 Å². The molecule has 6 heteroatoms. The van der Waals surface area contributed by atoms with E-state index in [0.29, 0.717) is 17.1 Å². The molecule has 0 aliphatic heterocycles. The van der Waals surface area contributed by atoms with Crippen LogP contribution in [0.2, 0.25) is 5.02 Å². The van der Waals surface area contributed by atoms with Crippen molar-refractivity contribution < 1.29 is 9.53 Å². The third-order valence-electron chi connectivity index (χ3n) is 3.11. The number of carbonyl (C=O) groups excluding carboxylic acids is 1. The zero-order chi connectivity index (χ0) is 14.8. The first-order valence-electron chi connectivity index (χ1n) is 6.30. The van der Waals surface area contributed by atoms with Gasteiger partial charge in [-0.2, -0.15) is 5.10 Å². The third kappa shape index (κ3) is 2.87. The highest BCUT2D eigenvalue weighted by molar-refractivity contribution is 6.31. The van der Waals surface area contributed by atoms with Gasteiger partial charge in [0.25, 0.3) is 0 Å². The van der Waals surface area contributed by atoms with Gasteiger partial charge in [-0.25, -0.2) is 4.79 Å². The second-order valence-electron chi connectivity index (χ2n) is 4.60. The van der Waals surface area contributed by atoms with Gasteiger partial charge in [-0.1, -0.05) is 17.7 Å². The molecule has 0 bridgehead atoms. The topological polar surface area (TPSA) is 57.0 Å². The molecule has 0 aliphatic carbocycles. The fraction of sp³-hybridized carbons (Fsp3) is 0.133. The molecule has 0 saturated heterocycles. The van der Waals surface area contributed by atoms with Crippen molar-refractivity contribution in [1.29, 1.82) is 0 Å². The number of ether oxygens (including phenoxy) is 1. The predicted octanol–water partition coefficient (Wildman–Crippen LogP) is 2.92. The highest BCUT2D eigenvalue weighted by Crippen LogP contribution is 2.18. The van der Waals surface area contributed by atoms with E-state index in [4.69, 9.17) is 11.6 Å². The smallest absolute Gasteiger partial charge is 0.341 e. The minimum Gasteiger partial charge on any atom is -0.465 e. The van der Waals surface area contributed by atoms with Gasteiger partial charge >= 0.3 is 5.97 Å². The molecule has 0 spiro atoms. The molecule has 3 rings (SSSR count). The molecule has 106 valence electrons. The number of esters is 1. The zero-order valence-corrected chi connectivity index (χ0v) is 12.0. The van der Waals surface area contributed by atoms with Crippen molar-refractivity contribution in [3.8, 4) is 0 Å². The molecule has 21 heavy (non-hydrogen) atoms. The maximum Gasteiger partial charge on any atom is 0.341 e. The Hall–Kier alpha value is -2.40. The summed E-state index contributed by atoms with van der Waals surface area (Å²) >= 11 is 5.95. The maximum atomic E-state index is 11.4. The van der Waals surface area contributed by atoms with Gasteiger partial charge in [-0.3, -0.25) is 9.67 Å². The van der Waals surface area contributed by atoms with Gasteiger partial charge in [-0.05, 0) is 23.8 Å². The highest BCUT2D eigenvalue weighted by atomic mass is 35.5. The Morgan fingerprint density at radius 2 is 2.19 bits per heavy atom. The SMILES string of the molecule is COC(=O)c1cnn(Cc2ccc3ncc(Cl)cc3c2)c1. The zero-order valence-electron chi connectivity index (χ0n) is 11.3. The summed E-state index contributed by atoms with van der Waals surface area (Å²) in [4.78, 5) is 15.6. The Morgan fingerprint density at radius 3 is 3.00 bits per heavy atom. The lowest BCUT2D eigenvalue weighted by atomic mass is 10.1. The van der Waals surface area contributed by atoms with E-state index < -0.39 is 5.97 Å². The number of rotatable bonds is 3. The average molecular weight is 302 g/mol. The first kappa shape index (κ1) is 13.6. The van der Waals surface area contributed by atoms with Crippen LogP contribution in [0.25, 0.3) is 10.9 Å². The van der Waals surface area contributed by atoms with Crippen LogP contribution in [0.15, 0.2) is 42.9 Å². The van der Waals surface area contributed by atoms with Crippen LogP contribution in [0.5, 0.6) is 0 Å². The van der Waals surface area contributed by atoms with Gasteiger partial charge in [0.2, 0.25) is 0 Å². The lowest BCUT2D eigenvalue weighted by Gasteiger charge is -2.04. The van der Waals surface area contributed by atoms with E-state index in [-0.39, 0.29) is 0 Å². The summed E-state index contributed by atoms with van der Waals surface area (Å²) < 4.78 is 6.34. The van der Waals surface area contributed by atoms with E-state index in [1.165, 1.54) is 13.3 Å². The number of benzene rings is 1. The molecule has 0 radical (unpaired) electrons. The molecule has 0 saturated carbocycles. The summed E-state index contributed by atoms with van der Waals surface area (Å²) in [5.74, 6) is -0.393. The van der Waals surface area contributed by atoms with Gasteiger partial charge in [-0.15, -0.1) is 0 Å². The second kappa shape index (κ2) is 5.54. The van der Waals surface area contributed by atoms with Crippen molar-refractivity contribution in [2.75, 3.05) is 7.11 Å². The average Bonchev–Trinajstić information content (AvgIpc) is 2.94. The number of carbonyl (C=O) groups is 1. The monoisotopic (exact) mass is 301 g/mol. The quantitative estimate of drug-likeness (QED) is 0.698. The van der Waals surface area contributed by atoms with Gasteiger partial charge < -0.3 is 4.74 Å². The Morgan fingerprint density at radius 1 is 1.33 bits per heavy atom. The number of halogens is 1. The Balaban J connectivity index is 1.87. The number of fused-ring (bicyclic) bond motifs is 1. The fourth-order valence-electron chi connectivity index (χ4n) is 2.11. The molecule has 3 aromatic rings. The van der Waals surface area contributed by atoms with E-state index in [2.05, 4.69) is 14.8 Å². The van der Waals surface area contributed by atoms with Crippen LogP contribution in [-0.4, -0.2) is 27.8 Å². The summed E-state index contributed by atoms with van der Waals surface area (Å²) in [6, 6.07) is 7.79. The summed E-state index contributed by atoms with van der Waals surface area (Å²) in [5.41, 5.74) is 2.37. The van der Waals surface area contributed by atoms with Crippen LogP contribution >= 0.6 is 11.6 Å². The normalized spacial score (nSPS) is 10.8. The summed E-state index contributed by atoms with van der Waals surface area (Å²) in [5, 5.41) is 5.73. The van der Waals surface area contributed by atoms with Crippen LogP contribution in [0.4, 0.5) is 0 Å². The highest BCUT2D eigenvalue weighted by Gasteiger charge is 2.08. The minimum absolute atomic E-state index is 0.393. The van der Waals surface area contributed by atoms with Gasteiger partial charge in [0.15, 0.2) is 0 Å². The summed E-state index contributed by atoms with van der Waals surface area (Å²) in [7, 11) is 1.35. The molecule has 0 aliphatic rings. The molecule has 0 unspecified atom stereocenters. The standard InChI is InChI=1S/C15H12ClN3O2/c1-21-15(20)12-6-18-19(9-12)8-10-2-3-14-11(4-10)5-13(16)7-17-14/h2-7,9H,8H2,1H3. The minimum atomic E-state index is -0.393. The number of nitrogens with zero attached hydrogens (tertiary/aromatic N) is 3. The van der Waals surface area contributed by atoms with Gasteiger partial charge in [0.05, 0.1) is 36.0 Å². The Labute approximate surface area is 126 Å². The first-order chi connectivity index (χ1) is 10.2. The molecule has 2 heterocycles. The number of hydrogen-bond donors (Lipinski definition) is 0. The van der Waals surface area contributed by atoms with E-state index in [1.54, 1.807) is 17.1 Å². The second-order valence-corrected chi connectivity index (χ2v) is 5.04. The van der Waals surface area contributed by atoms with Crippen molar-refractivity contribution in [3.05, 3.63) is 59.0 Å². The lowest BCUT2D eigenvalue weighted by Crippen LogP contribution is -2.01. The lowest BCUT2D eigenvalue weighted by molar-refractivity contribution is 0.0600. The number of methoxy groups -OCH3 is 1. The van der Waals surface area contributed by atoms with E-state index in [9.17, 15) is 4.79 Å². The maximum absolute atomic E-state index is 11.4. The molecular weight excluding hydrogens is 290 g/mol. The van der Waals surface area contributed by atoms with Crippen LogP contribution in [0, 0.1) is 0 Å². The largest absolute Gasteiger partial charge is 0.465 e. The summed E-state index contributed by atoms with van der Waals surface area (Å²) in [6.07, 6.45) is 4.78. The van der Waals surface area contributed by atoms with Gasteiger partial charge in [0.1, 0.15) is 0 Å². The van der Waals surface area contributed by atoms with Crippen molar-refractivity contribution in [1.82, 2.24) is 14.8 Å². The van der Waals surface area contributed by atoms with Crippen LogP contribution in [0.1, 0.15) is 15.9 Å². The van der Waals surface area contributed by atoms with Crippen molar-refractivity contribution >= 4 is 28.5 Å². The molecule has 0 amide bonds. The van der Waals surface area contributed by atoms with E-state index >= 15 is 0 Å². The van der Waals surface area contributed by atoms with Crippen LogP contribution in [0.3, 0.4) is 0 Å². The number of pyridine rings is 1. The Bertz CT molecular complexity index is 814. The molecule has 5 nitrogen and oxygen atoms in total. The molecule has 0 N–H and O–H groups in total. The summed E-state index contributed by atoms with van der Waals surface area (Å²) in [6.45, 7) is 0.555. The van der Waals surface area contributed by atoms with Crippen LogP contribution < -0.4 is 0 Å². The van der Waals surface area contributed by atoms with Crippen LogP contribution in [-0.2, 0) is 11.3 Å². The van der Waals surface area contributed by atoms with Crippen molar-refractivity contribution in [2.24, 2.45) is 0 Å². The molecule has 1 aromatic carbocycles. The molecular formula is C15H12ClN3O2. The molecule has 0 atom stereocenters. The first-order valence-corrected chi connectivity index (χ1v) is 6.68. The molecule has 2 aromatic heterocycles. The van der Waals surface area contributed by atoms with Crippen molar-refractivity contribution in [2.45, 2.75) is 6.54 Å². The number of aromatic nitrogens is 3. The van der Waals surface area contributed by atoms with Gasteiger partial charge in [0, 0.05) is 17.8 Å². The Kier molecular flexibility index (Phi) is 3.58. The predicted molar refractivity (Wildman–Crippen MR) is 79.4 cm³/mol. The molecule has 0 fully saturated rings. The third-order valence-corrected chi connectivity index (χ3v) is 3.32. The fourth-order valence-corrected chi connectivity index (χ4v) is 2.28.